The lowest BCUT2D eigenvalue weighted by molar-refractivity contribution is 0.102. The topological polar surface area (TPSA) is 68.0 Å². The van der Waals surface area contributed by atoms with E-state index in [9.17, 15) is 4.79 Å². The van der Waals surface area contributed by atoms with E-state index in [2.05, 4.69) is 32.9 Å². The summed E-state index contributed by atoms with van der Waals surface area (Å²) in [5.74, 6) is -0.257. The number of pyridine rings is 1. The number of rotatable bonds is 2. The Morgan fingerprint density at radius 1 is 1.33 bits per heavy atom. The molecule has 0 saturated heterocycles. The second kappa shape index (κ2) is 5.34. The maximum Gasteiger partial charge on any atom is 0.274 e. The number of nitrogens with two attached hydrogens (primary N) is 1. The Kier molecular flexibility index (Phi) is 3.81. The number of hydrogen-bond acceptors (Lipinski definition) is 3. The molecule has 2 aromatic rings. The van der Waals surface area contributed by atoms with Gasteiger partial charge in [-0.05, 0) is 59.3 Å². The molecule has 0 unspecified atom stereocenters. The summed E-state index contributed by atoms with van der Waals surface area (Å²) < 4.78 is 1.06. The Hall–Kier alpha value is -1.63. The van der Waals surface area contributed by atoms with Crippen molar-refractivity contribution >= 4 is 39.9 Å². The molecule has 0 bridgehead atoms. The number of carbonyl (C=O) groups is 1. The molecule has 3 N–H and O–H groups in total. The molecule has 0 aliphatic carbocycles. The van der Waals surface area contributed by atoms with E-state index in [-0.39, 0.29) is 5.91 Å². The van der Waals surface area contributed by atoms with Gasteiger partial charge in [0.1, 0.15) is 5.69 Å². The van der Waals surface area contributed by atoms with Crippen molar-refractivity contribution in [2.24, 2.45) is 0 Å². The summed E-state index contributed by atoms with van der Waals surface area (Å²) in [7, 11) is 0. The predicted molar refractivity (Wildman–Crippen MR) is 80.5 cm³/mol. The van der Waals surface area contributed by atoms with Gasteiger partial charge in [-0.2, -0.15) is 0 Å². The van der Waals surface area contributed by atoms with Crippen molar-refractivity contribution in [1.29, 1.82) is 0 Å². The average molecular weight is 353 g/mol. The first kappa shape index (κ1) is 12.8. The van der Waals surface area contributed by atoms with Crippen LogP contribution >= 0.6 is 22.6 Å². The zero-order valence-electron chi connectivity index (χ0n) is 9.77. The smallest absolute Gasteiger partial charge is 0.274 e. The van der Waals surface area contributed by atoms with E-state index < -0.39 is 0 Å². The lowest BCUT2D eigenvalue weighted by Crippen LogP contribution is -2.14. The molecule has 0 saturated carbocycles. The number of anilines is 2. The lowest BCUT2D eigenvalue weighted by Gasteiger charge is -2.08. The highest BCUT2D eigenvalue weighted by Gasteiger charge is 2.09. The van der Waals surface area contributed by atoms with Crippen molar-refractivity contribution in [3.63, 3.8) is 0 Å². The van der Waals surface area contributed by atoms with Crippen LogP contribution in [0.5, 0.6) is 0 Å². The predicted octanol–water partition coefficient (Wildman–Crippen LogP) is 2.83. The number of carbonyl (C=O) groups excluding carboxylic acids is 1. The lowest BCUT2D eigenvalue weighted by atomic mass is 10.2. The van der Waals surface area contributed by atoms with E-state index in [0.29, 0.717) is 11.4 Å². The van der Waals surface area contributed by atoms with E-state index in [0.717, 1.165) is 14.8 Å². The van der Waals surface area contributed by atoms with Gasteiger partial charge in [0.25, 0.3) is 5.91 Å². The van der Waals surface area contributed by atoms with Gasteiger partial charge < -0.3 is 11.1 Å². The van der Waals surface area contributed by atoms with Crippen LogP contribution in [0.3, 0.4) is 0 Å². The molecule has 18 heavy (non-hydrogen) atoms. The van der Waals surface area contributed by atoms with Gasteiger partial charge in [-0.3, -0.25) is 9.78 Å². The van der Waals surface area contributed by atoms with Crippen molar-refractivity contribution in [2.75, 3.05) is 11.1 Å². The molecule has 1 aromatic carbocycles. The number of aromatic nitrogens is 1. The quantitative estimate of drug-likeness (QED) is 0.816. The van der Waals surface area contributed by atoms with Crippen LogP contribution in [-0.4, -0.2) is 10.9 Å². The molecule has 4 nitrogen and oxygen atoms in total. The summed E-state index contributed by atoms with van der Waals surface area (Å²) in [6.07, 6.45) is 1.52. The van der Waals surface area contributed by atoms with Gasteiger partial charge in [0.05, 0.1) is 0 Å². The Balaban J connectivity index is 2.24. The molecule has 0 fully saturated rings. The highest BCUT2D eigenvalue weighted by molar-refractivity contribution is 14.1. The van der Waals surface area contributed by atoms with Crippen molar-refractivity contribution in [3.8, 4) is 0 Å². The monoisotopic (exact) mass is 353 g/mol. The maximum atomic E-state index is 12.0. The molecular formula is C13H12IN3O. The first-order chi connectivity index (χ1) is 8.56. The fourth-order valence-electron chi connectivity index (χ4n) is 1.49. The van der Waals surface area contributed by atoms with Gasteiger partial charge in [0.15, 0.2) is 0 Å². The zero-order chi connectivity index (χ0) is 13.1. The van der Waals surface area contributed by atoms with E-state index in [1.165, 1.54) is 6.20 Å². The number of halogens is 1. The number of nitrogen functional groups attached to an aromatic ring is 1. The number of aryl methyl sites for hydroxylation is 1. The maximum absolute atomic E-state index is 12.0. The highest BCUT2D eigenvalue weighted by atomic mass is 127. The normalized spacial score (nSPS) is 10.1. The van der Waals surface area contributed by atoms with Crippen LogP contribution in [0.4, 0.5) is 11.4 Å². The fraction of sp³-hybridized carbons (Fsp3) is 0.0769. The second-order valence-electron chi connectivity index (χ2n) is 3.89. The molecule has 2 rings (SSSR count). The number of nitrogens with one attached hydrogen (secondary N) is 1. The first-order valence-electron chi connectivity index (χ1n) is 5.35. The molecule has 92 valence electrons. The largest absolute Gasteiger partial charge is 0.399 e. The standard InChI is InChI=1S/C13H12IN3O/c1-8-2-3-9(14)6-11(8)17-13(18)12-7-10(15)4-5-16-12/h2-7H,1H3,(H2,15,16)(H,17,18). The number of benzene rings is 1. The Morgan fingerprint density at radius 2 is 2.11 bits per heavy atom. The van der Waals surface area contributed by atoms with E-state index in [1.54, 1.807) is 12.1 Å². The molecule has 0 aliphatic heterocycles. The molecular weight excluding hydrogens is 341 g/mol. The summed E-state index contributed by atoms with van der Waals surface area (Å²) in [4.78, 5) is 16.0. The second-order valence-corrected chi connectivity index (χ2v) is 5.13. The SMILES string of the molecule is Cc1ccc(I)cc1NC(=O)c1cc(N)ccn1. The summed E-state index contributed by atoms with van der Waals surface area (Å²) in [6.45, 7) is 1.94. The summed E-state index contributed by atoms with van der Waals surface area (Å²) >= 11 is 2.20. The number of amides is 1. The van der Waals surface area contributed by atoms with Crippen LogP contribution in [0, 0.1) is 10.5 Å². The first-order valence-corrected chi connectivity index (χ1v) is 6.43. The highest BCUT2D eigenvalue weighted by Crippen LogP contribution is 2.19. The number of hydrogen-bond donors (Lipinski definition) is 2. The van der Waals surface area contributed by atoms with E-state index >= 15 is 0 Å². The third-order valence-electron chi connectivity index (χ3n) is 2.46. The minimum Gasteiger partial charge on any atom is -0.399 e. The molecule has 0 radical (unpaired) electrons. The summed E-state index contributed by atoms with van der Waals surface area (Å²) in [5.41, 5.74) is 8.25. The zero-order valence-corrected chi connectivity index (χ0v) is 11.9. The van der Waals surface area contributed by atoms with E-state index in [4.69, 9.17) is 5.73 Å². The number of nitrogens with zero attached hydrogens (tertiary/aromatic N) is 1. The molecule has 1 amide bonds. The Labute approximate surface area is 119 Å². The summed E-state index contributed by atoms with van der Waals surface area (Å²) in [6, 6.07) is 9.07. The molecule has 1 aromatic heterocycles. The van der Waals surface area contributed by atoms with Gasteiger partial charge in [0.2, 0.25) is 0 Å². The van der Waals surface area contributed by atoms with Gasteiger partial charge in [-0.25, -0.2) is 0 Å². The van der Waals surface area contributed by atoms with Crippen LogP contribution in [0.25, 0.3) is 0 Å². The fourth-order valence-corrected chi connectivity index (χ4v) is 1.98. The van der Waals surface area contributed by atoms with Gasteiger partial charge in [0, 0.05) is 21.1 Å². The van der Waals surface area contributed by atoms with Crippen LogP contribution < -0.4 is 11.1 Å². The van der Waals surface area contributed by atoms with Crippen LogP contribution in [0.1, 0.15) is 16.1 Å². The van der Waals surface area contributed by atoms with Crippen molar-refractivity contribution in [2.45, 2.75) is 6.92 Å². The molecule has 1 heterocycles. The van der Waals surface area contributed by atoms with Crippen molar-refractivity contribution < 1.29 is 4.79 Å². The molecule has 0 spiro atoms. The van der Waals surface area contributed by atoms with Crippen LogP contribution in [-0.2, 0) is 0 Å². The molecule has 5 heteroatoms. The third-order valence-corrected chi connectivity index (χ3v) is 3.14. The van der Waals surface area contributed by atoms with Crippen molar-refractivity contribution in [1.82, 2.24) is 4.98 Å². The van der Waals surface area contributed by atoms with Gasteiger partial charge >= 0.3 is 0 Å². The van der Waals surface area contributed by atoms with Crippen LogP contribution in [0.15, 0.2) is 36.5 Å². The summed E-state index contributed by atoms with van der Waals surface area (Å²) in [5, 5.41) is 2.83. The van der Waals surface area contributed by atoms with Crippen LogP contribution in [0.2, 0.25) is 0 Å². The molecule has 0 aliphatic rings. The Morgan fingerprint density at radius 3 is 2.83 bits per heavy atom. The third kappa shape index (κ3) is 2.98. The Bertz CT molecular complexity index is 599. The minimum atomic E-state index is -0.257. The van der Waals surface area contributed by atoms with E-state index in [1.807, 2.05) is 25.1 Å². The average Bonchev–Trinajstić information content (AvgIpc) is 2.34. The minimum absolute atomic E-state index is 0.257. The van der Waals surface area contributed by atoms with Crippen molar-refractivity contribution in [3.05, 3.63) is 51.4 Å². The molecule has 0 atom stereocenters. The van der Waals surface area contributed by atoms with Gasteiger partial charge in [-0.1, -0.05) is 6.07 Å². The van der Waals surface area contributed by atoms with Gasteiger partial charge in [-0.15, -0.1) is 0 Å².